The average molecular weight is 236 g/mol. The molecule has 0 bridgehead atoms. The van der Waals surface area contributed by atoms with E-state index in [1.807, 2.05) is 24.3 Å². The van der Waals surface area contributed by atoms with Gasteiger partial charge in [0.15, 0.2) is 0 Å². The van der Waals surface area contributed by atoms with Gasteiger partial charge in [0.1, 0.15) is 5.82 Å². The quantitative estimate of drug-likeness (QED) is 0.846. The zero-order valence-corrected chi connectivity index (χ0v) is 9.34. The summed E-state index contributed by atoms with van der Waals surface area (Å²) in [6.45, 7) is 0.387. The van der Waals surface area contributed by atoms with Crippen LogP contribution in [0.15, 0.2) is 42.5 Å². The van der Waals surface area contributed by atoms with Crippen molar-refractivity contribution in [1.29, 1.82) is 0 Å². The van der Waals surface area contributed by atoms with Crippen LogP contribution in [0.3, 0.4) is 0 Å². The third kappa shape index (κ3) is 2.08. The number of nitrogens with two attached hydrogens (primary N) is 1. The molecule has 2 aromatic carbocycles. The lowest BCUT2D eigenvalue weighted by atomic mass is 9.99. The molecule has 0 aliphatic carbocycles. The highest BCUT2D eigenvalue weighted by Gasteiger charge is 2.08. The van der Waals surface area contributed by atoms with Gasteiger partial charge in [0.2, 0.25) is 0 Å². The van der Waals surface area contributed by atoms with Crippen molar-refractivity contribution in [2.45, 2.75) is 6.54 Å². The van der Waals surface area contributed by atoms with Crippen LogP contribution in [-0.2, 0) is 6.54 Å². The van der Waals surface area contributed by atoms with Gasteiger partial charge in [-0.25, -0.2) is 4.39 Å². The maximum atomic E-state index is 13.7. The predicted molar refractivity (Wildman–Crippen MR) is 64.7 cm³/mol. The molecule has 0 aliphatic rings. The molecule has 2 aromatic rings. The summed E-state index contributed by atoms with van der Waals surface area (Å²) in [5, 5.41) is 0.395. The smallest absolute Gasteiger partial charge is 0.132 e. The molecule has 0 fully saturated rings. The predicted octanol–water partition coefficient (Wildman–Crippen LogP) is 3.60. The molecule has 1 nitrogen and oxygen atoms in total. The fourth-order valence-electron chi connectivity index (χ4n) is 1.67. The fourth-order valence-corrected chi connectivity index (χ4v) is 1.83. The lowest BCUT2D eigenvalue weighted by Gasteiger charge is -2.08. The van der Waals surface area contributed by atoms with Crippen LogP contribution in [-0.4, -0.2) is 0 Å². The van der Waals surface area contributed by atoms with Gasteiger partial charge in [0.25, 0.3) is 0 Å². The number of rotatable bonds is 2. The second kappa shape index (κ2) is 4.64. The van der Waals surface area contributed by atoms with Crippen molar-refractivity contribution in [2.75, 3.05) is 0 Å². The Morgan fingerprint density at radius 3 is 2.50 bits per heavy atom. The minimum Gasteiger partial charge on any atom is -0.326 e. The van der Waals surface area contributed by atoms with Crippen LogP contribution in [0.1, 0.15) is 5.56 Å². The average Bonchev–Trinajstić information content (AvgIpc) is 2.29. The summed E-state index contributed by atoms with van der Waals surface area (Å²) < 4.78 is 13.7. The van der Waals surface area contributed by atoms with Crippen LogP contribution in [0.2, 0.25) is 5.02 Å². The molecule has 0 heterocycles. The molecule has 16 heavy (non-hydrogen) atoms. The van der Waals surface area contributed by atoms with Gasteiger partial charge in [0.05, 0.1) is 0 Å². The van der Waals surface area contributed by atoms with E-state index in [-0.39, 0.29) is 5.82 Å². The molecule has 0 amide bonds. The summed E-state index contributed by atoms with van der Waals surface area (Å²) in [6.07, 6.45) is 0. The highest BCUT2D eigenvalue weighted by molar-refractivity contribution is 6.30. The number of hydrogen-bond acceptors (Lipinski definition) is 1. The van der Waals surface area contributed by atoms with Crippen molar-refractivity contribution in [2.24, 2.45) is 5.73 Å². The van der Waals surface area contributed by atoms with Crippen LogP contribution < -0.4 is 5.73 Å². The molecule has 82 valence electrons. The van der Waals surface area contributed by atoms with Gasteiger partial charge >= 0.3 is 0 Å². The van der Waals surface area contributed by atoms with E-state index < -0.39 is 0 Å². The summed E-state index contributed by atoms with van der Waals surface area (Å²) in [7, 11) is 0. The van der Waals surface area contributed by atoms with E-state index in [0.29, 0.717) is 17.1 Å². The van der Waals surface area contributed by atoms with Gasteiger partial charge in [-0.05, 0) is 29.3 Å². The fraction of sp³-hybridized carbons (Fsp3) is 0.0769. The van der Waals surface area contributed by atoms with Crippen molar-refractivity contribution in [3.05, 3.63) is 58.9 Å². The monoisotopic (exact) mass is 235 g/mol. The molecular formula is C13H11ClFN. The summed E-state index contributed by atoms with van der Waals surface area (Å²) >= 11 is 5.71. The molecule has 2 rings (SSSR count). The molecule has 0 saturated heterocycles. The van der Waals surface area contributed by atoms with Crippen LogP contribution >= 0.6 is 11.6 Å². The first-order chi connectivity index (χ1) is 7.72. The zero-order chi connectivity index (χ0) is 11.5. The minimum absolute atomic E-state index is 0.326. The molecule has 0 aliphatic heterocycles. The Hall–Kier alpha value is -1.38. The Kier molecular flexibility index (Phi) is 3.22. The Balaban J connectivity index is 2.58. The van der Waals surface area contributed by atoms with Crippen molar-refractivity contribution in [3.63, 3.8) is 0 Å². The Morgan fingerprint density at radius 2 is 1.81 bits per heavy atom. The third-order valence-corrected chi connectivity index (χ3v) is 2.69. The van der Waals surface area contributed by atoms with Crippen molar-refractivity contribution in [3.8, 4) is 11.1 Å². The van der Waals surface area contributed by atoms with Gasteiger partial charge in [-0.3, -0.25) is 0 Å². The SMILES string of the molecule is NCc1ccccc1-c1ccc(Cl)cc1F. The van der Waals surface area contributed by atoms with Gasteiger partial charge in [-0.1, -0.05) is 35.9 Å². The summed E-state index contributed by atoms with van der Waals surface area (Å²) in [5.41, 5.74) is 7.89. The first kappa shape index (κ1) is 11.1. The number of benzene rings is 2. The van der Waals surface area contributed by atoms with Gasteiger partial charge < -0.3 is 5.73 Å². The number of halogens is 2. The standard InChI is InChI=1S/C13H11ClFN/c14-10-5-6-12(13(15)7-10)11-4-2-1-3-9(11)8-16/h1-7H,8,16H2. The molecule has 0 saturated carbocycles. The van der Waals surface area contributed by atoms with E-state index >= 15 is 0 Å². The molecule has 0 radical (unpaired) electrons. The van der Waals surface area contributed by atoms with Crippen LogP contribution in [0.25, 0.3) is 11.1 Å². The molecule has 0 atom stereocenters. The maximum Gasteiger partial charge on any atom is 0.132 e. The first-order valence-electron chi connectivity index (χ1n) is 4.96. The molecular weight excluding hydrogens is 225 g/mol. The van der Waals surface area contributed by atoms with E-state index in [0.717, 1.165) is 11.1 Å². The normalized spacial score (nSPS) is 10.4. The van der Waals surface area contributed by atoms with Crippen molar-refractivity contribution < 1.29 is 4.39 Å². The van der Waals surface area contributed by atoms with Crippen LogP contribution in [0.4, 0.5) is 4.39 Å². The summed E-state index contributed by atoms with van der Waals surface area (Å²) in [6, 6.07) is 12.2. The molecule has 3 heteroatoms. The van der Waals surface area contributed by atoms with E-state index in [1.165, 1.54) is 6.07 Å². The molecule has 0 spiro atoms. The third-order valence-electron chi connectivity index (χ3n) is 2.46. The van der Waals surface area contributed by atoms with Crippen molar-refractivity contribution >= 4 is 11.6 Å². The minimum atomic E-state index is -0.326. The summed E-state index contributed by atoms with van der Waals surface area (Å²) in [5.74, 6) is -0.326. The molecule has 0 unspecified atom stereocenters. The Labute approximate surface area is 98.7 Å². The Bertz CT molecular complexity index is 511. The second-order valence-electron chi connectivity index (χ2n) is 3.49. The molecule has 2 N–H and O–H groups in total. The van der Waals surface area contributed by atoms with Gasteiger partial charge in [-0.15, -0.1) is 0 Å². The maximum absolute atomic E-state index is 13.7. The van der Waals surface area contributed by atoms with E-state index in [9.17, 15) is 4.39 Å². The highest BCUT2D eigenvalue weighted by atomic mass is 35.5. The zero-order valence-electron chi connectivity index (χ0n) is 8.58. The van der Waals surface area contributed by atoms with Crippen molar-refractivity contribution in [1.82, 2.24) is 0 Å². The van der Waals surface area contributed by atoms with Gasteiger partial charge in [0, 0.05) is 17.1 Å². The van der Waals surface area contributed by atoms with Crippen LogP contribution in [0, 0.1) is 5.82 Å². The van der Waals surface area contributed by atoms with Crippen LogP contribution in [0.5, 0.6) is 0 Å². The Morgan fingerprint density at radius 1 is 1.06 bits per heavy atom. The van der Waals surface area contributed by atoms with E-state index in [1.54, 1.807) is 12.1 Å². The highest BCUT2D eigenvalue weighted by Crippen LogP contribution is 2.27. The second-order valence-corrected chi connectivity index (χ2v) is 3.92. The largest absolute Gasteiger partial charge is 0.326 e. The van der Waals surface area contributed by atoms with Gasteiger partial charge in [-0.2, -0.15) is 0 Å². The first-order valence-corrected chi connectivity index (χ1v) is 5.33. The van der Waals surface area contributed by atoms with E-state index in [4.69, 9.17) is 17.3 Å². The lowest BCUT2D eigenvalue weighted by Crippen LogP contribution is -1.99. The number of hydrogen-bond donors (Lipinski definition) is 1. The topological polar surface area (TPSA) is 26.0 Å². The summed E-state index contributed by atoms with van der Waals surface area (Å²) in [4.78, 5) is 0. The molecule has 0 aromatic heterocycles. The lowest BCUT2D eigenvalue weighted by molar-refractivity contribution is 0.631. The van der Waals surface area contributed by atoms with E-state index in [2.05, 4.69) is 0 Å².